The summed E-state index contributed by atoms with van der Waals surface area (Å²) in [5.41, 5.74) is 2.05. The summed E-state index contributed by atoms with van der Waals surface area (Å²) in [7, 11) is 1.64. The first kappa shape index (κ1) is 15.0. The van der Waals surface area contributed by atoms with Crippen LogP contribution in [0, 0.1) is 10.1 Å². The minimum absolute atomic E-state index is 0.0837. The number of methoxy groups -OCH3 is 1. The van der Waals surface area contributed by atoms with Crippen LogP contribution in [-0.4, -0.2) is 12.0 Å². The molecule has 2 aromatic rings. The first-order valence-corrected chi connectivity index (χ1v) is 6.71. The van der Waals surface area contributed by atoms with Crippen LogP contribution in [0.5, 0.6) is 5.75 Å². The van der Waals surface area contributed by atoms with Gasteiger partial charge >= 0.3 is 0 Å². The van der Waals surface area contributed by atoms with Gasteiger partial charge in [-0.05, 0) is 18.6 Å². The molecule has 0 amide bonds. The van der Waals surface area contributed by atoms with Crippen molar-refractivity contribution in [3.8, 4) is 5.75 Å². The molecule has 0 bridgehead atoms. The van der Waals surface area contributed by atoms with Crippen molar-refractivity contribution in [2.75, 3.05) is 7.11 Å². The van der Waals surface area contributed by atoms with Gasteiger partial charge in [-0.15, -0.1) is 0 Å². The van der Waals surface area contributed by atoms with Crippen LogP contribution in [0.15, 0.2) is 48.5 Å². The number of para-hydroxylation sites is 1. The highest BCUT2D eigenvalue weighted by Crippen LogP contribution is 2.24. The summed E-state index contributed by atoms with van der Waals surface area (Å²) in [6.45, 7) is 2.59. The molecule has 0 heterocycles. The number of nitrogens with one attached hydrogen (secondary N) is 1. The molecule has 5 heteroatoms. The average Bonchev–Trinajstić information content (AvgIpc) is 2.52. The normalized spacial score (nSPS) is 11.9. The van der Waals surface area contributed by atoms with Gasteiger partial charge in [-0.1, -0.05) is 30.3 Å². The molecule has 0 fully saturated rings. The number of benzene rings is 2. The van der Waals surface area contributed by atoms with E-state index in [1.165, 1.54) is 6.07 Å². The third kappa shape index (κ3) is 3.79. The minimum atomic E-state index is -0.382. The van der Waals surface area contributed by atoms with Crippen LogP contribution in [-0.2, 0) is 6.54 Å². The molecule has 0 aliphatic carbocycles. The second kappa shape index (κ2) is 6.85. The van der Waals surface area contributed by atoms with E-state index in [1.54, 1.807) is 19.2 Å². The van der Waals surface area contributed by atoms with Crippen molar-refractivity contribution in [1.29, 1.82) is 0 Å². The molecule has 110 valence electrons. The van der Waals surface area contributed by atoms with Gasteiger partial charge in [0.2, 0.25) is 0 Å². The fraction of sp³-hybridized carbons (Fsp3) is 0.250. The van der Waals surface area contributed by atoms with Crippen molar-refractivity contribution in [2.24, 2.45) is 0 Å². The maximum Gasteiger partial charge on any atom is 0.269 e. The lowest BCUT2D eigenvalue weighted by Gasteiger charge is -2.17. The number of nitro groups is 1. The molecule has 1 atom stereocenters. The van der Waals surface area contributed by atoms with Crippen LogP contribution >= 0.6 is 0 Å². The zero-order chi connectivity index (χ0) is 15.2. The summed E-state index contributed by atoms with van der Waals surface area (Å²) in [5, 5.41) is 14.1. The highest BCUT2D eigenvalue weighted by molar-refractivity contribution is 5.36. The molecule has 2 rings (SSSR count). The maximum absolute atomic E-state index is 10.8. The first-order chi connectivity index (χ1) is 10.1. The van der Waals surface area contributed by atoms with E-state index in [1.807, 2.05) is 37.3 Å². The van der Waals surface area contributed by atoms with Gasteiger partial charge in [-0.2, -0.15) is 0 Å². The molecule has 0 saturated heterocycles. The Kier molecular flexibility index (Phi) is 4.90. The molecule has 0 saturated carbocycles. The van der Waals surface area contributed by atoms with E-state index in [4.69, 9.17) is 4.74 Å². The molecule has 2 aromatic carbocycles. The van der Waals surface area contributed by atoms with Crippen LogP contribution in [0.4, 0.5) is 5.69 Å². The quantitative estimate of drug-likeness (QED) is 0.652. The van der Waals surface area contributed by atoms with E-state index >= 15 is 0 Å². The Labute approximate surface area is 123 Å². The number of hydrogen-bond acceptors (Lipinski definition) is 4. The molecule has 0 aliphatic rings. The summed E-state index contributed by atoms with van der Waals surface area (Å²) in [5.74, 6) is 0.830. The number of nitro benzene ring substituents is 1. The molecule has 5 nitrogen and oxygen atoms in total. The molecule has 0 aliphatic heterocycles. The van der Waals surface area contributed by atoms with E-state index in [0.717, 1.165) is 16.9 Å². The van der Waals surface area contributed by atoms with E-state index in [0.29, 0.717) is 6.54 Å². The van der Waals surface area contributed by atoms with Gasteiger partial charge < -0.3 is 10.1 Å². The Hall–Kier alpha value is -2.40. The van der Waals surface area contributed by atoms with Crippen LogP contribution < -0.4 is 10.1 Å². The number of hydrogen-bond donors (Lipinski definition) is 1. The van der Waals surface area contributed by atoms with Crippen LogP contribution in [0.25, 0.3) is 0 Å². The molecule has 0 radical (unpaired) electrons. The zero-order valence-electron chi connectivity index (χ0n) is 12.1. The van der Waals surface area contributed by atoms with E-state index in [2.05, 4.69) is 5.32 Å². The van der Waals surface area contributed by atoms with Crippen LogP contribution in [0.3, 0.4) is 0 Å². The van der Waals surface area contributed by atoms with E-state index in [9.17, 15) is 10.1 Å². The van der Waals surface area contributed by atoms with Gasteiger partial charge in [0, 0.05) is 30.3 Å². The highest BCUT2D eigenvalue weighted by Gasteiger charge is 2.11. The number of rotatable bonds is 6. The average molecular weight is 286 g/mol. The van der Waals surface area contributed by atoms with Crippen LogP contribution in [0.1, 0.15) is 24.1 Å². The molecular weight excluding hydrogens is 268 g/mol. The van der Waals surface area contributed by atoms with Gasteiger partial charge in [0.15, 0.2) is 0 Å². The van der Waals surface area contributed by atoms with Crippen molar-refractivity contribution in [3.63, 3.8) is 0 Å². The Morgan fingerprint density at radius 3 is 2.71 bits per heavy atom. The summed E-state index contributed by atoms with van der Waals surface area (Å²) in [6.07, 6.45) is 0. The standard InChI is InChI=1S/C16H18N2O3/c1-12(15-8-3-4-9-16(15)21-2)17-11-13-6-5-7-14(10-13)18(19)20/h3-10,12,17H,11H2,1-2H3. The SMILES string of the molecule is COc1ccccc1C(C)NCc1cccc([N+](=O)[O-])c1. The van der Waals surface area contributed by atoms with Gasteiger partial charge in [0.05, 0.1) is 12.0 Å². The van der Waals surface area contributed by atoms with Crippen molar-refractivity contribution >= 4 is 5.69 Å². The smallest absolute Gasteiger partial charge is 0.269 e. The lowest BCUT2D eigenvalue weighted by molar-refractivity contribution is -0.384. The predicted octanol–water partition coefficient (Wildman–Crippen LogP) is 3.45. The van der Waals surface area contributed by atoms with E-state index < -0.39 is 0 Å². The highest BCUT2D eigenvalue weighted by atomic mass is 16.6. The number of nitrogens with zero attached hydrogens (tertiary/aromatic N) is 1. The topological polar surface area (TPSA) is 64.4 Å². The minimum Gasteiger partial charge on any atom is -0.496 e. The summed E-state index contributed by atoms with van der Waals surface area (Å²) in [6, 6.07) is 14.5. The van der Waals surface area contributed by atoms with Gasteiger partial charge in [-0.3, -0.25) is 10.1 Å². The Morgan fingerprint density at radius 2 is 2.00 bits per heavy atom. The summed E-state index contributed by atoms with van der Waals surface area (Å²) < 4.78 is 5.34. The fourth-order valence-corrected chi connectivity index (χ4v) is 2.19. The largest absolute Gasteiger partial charge is 0.496 e. The second-order valence-electron chi connectivity index (χ2n) is 4.77. The van der Waals surface area contributed by atoms with Crippen molar-refractivity contribution < 1.29 is 9.66 Å². The summed E-state index contributed by atoms with van der Waals surface area (Å²) in [4.78, 5) is 10.4. The van der Waals surface area contributed by atoms with Gasteiger partial charge in [0.25, 0.3) is 5.69 Å². The third-order valence-corrected chi connectivity index (χ3v) is 3.34. The molecule has 0 spiro atoms. The molecule has 1 N–H and O–H groups in total. The van der Waals surface area contributed by atoms with Gasteiger partial charge in [-0.25, -0.2) is 0 Å². The Morgan fingerprint density at radius 1 is 1.24 bits per heavy atom. The van der Waals surface area contributed by atoms with Crippen molar-refractivity contribution in [3.05, 3.63) is 69.8 Å². The zero-order valence-corrected chi connectivity index (χ0v) is 12.1. The third-order valence-electron chi connectivity index (χ3n) is 3.34. The van der Waals surface area contributed by atoms with Crippen LogP contribution in [0.2, 0.25) is 0 Å². The predicted molar refractivity (Wildman–Crippen MR) is 81.3 cm³/mol. The van der Waals surface area contributed by atoms with Gasteiger partial charge in [0.1, 0.15) is 5.75 Å². The first-order valence-electron chi connectivity index (χ1n) is 6.71. The monoisotopic (exact) mass is 286 g/mol. The fourth-order valence-electron chi connectivity index (χ4n) is 2.19. The molecular formula is C16H18N2O3. The summed E-state index contributed by atoms with van der Waals surface area (Å²) >= 11 is 0. The Balaban J connectivity index is 2.05. The molecule has 1 unspecified atom stereocenters. The lowest BCUT2D eigenvalue weighted by atomic mass is 10.1. The van der Waals surface area contributed by atoms with Crippen molar-refractivity contribution in [2.45, 2.75) is 19.5 Å². The number of non-ortho nitro benzene ring substituents is 1. The maximum atomic E-state index is 10.8. The Bertz CT molecular complexity index is 628. The number of ether oxygens (including phenoxy) is 1. The van der Waals surface area contributed by atoms with E-state index in [-0.39, 0.29) is 16.7 Å². The molecule has 0 aromatic heterocycles. The molecule has 21 heavy (non-hydrogen) atoms. The van der Waals surface area contributed by atoms with Crippen molar-refractivity contribution in [1.82, 2.24) is 5.32 Å². The lowest BCUT2D eigenvalue weighted by Crippen LogP contribution is -2.18. The second-order valence-corrected chi connectivity index (χ2v) is 4.77.